The van der Waals surface area contributed by atoms with Gasteiger partial charge in [0, 0.05) is 18.2 Å². The van der Waals surface area contributed by atoms with E-state index in [0.29, 0.717) is 13.0 Å². The minimum atomic E-state index is -1.62. The Morgan fingerprint density at radius 2 is 2.03 bits per heavy atom. The molecule has 0 saturated carbocycles. The molecule has 2 N–H and O–H groups in total. The highest BCUT2D eigenvalue weighted by molar-refractivity contribution is 7.45. The summed E-state index contributed by atoms with van der Waals surface area (Å²) in [5, 5.41) is 3.06. The minimum Gasteiger partial charge on any atom is -0.465 e. The number of hydrogen-bond donors (Lipinski definition) is 2. The summed E-state index contributed by atoms with van der Waals surface area (Å²) in [5.74, 6) is -0.356. The van der Waals surface area contributed by atoms with E-state index in [1.165, 1.54) is 16.8 Å². The van der Waals surface area contributed by atoms with Crippen molar-refractivity contribution in [3.05, 3.63) is 69.0 Å². The van der Waals surface area contributed by atoms with Gasteiger partial charge in [0.15, 0.2) is 0 Å². The molecule has 5 atom stereocenters. The summed E-state index contributed by atoms with van der Waals surface area (Å²) < 4.78 is 24.4. The maximum Gasteiger partial charge on any atom is 0.330 e. The molecule has 1 saturated heterocycles. The van der Waals surface area contributed by atoms with Crippen molar-refractivity contribution in [2.45, 2.75) is 52.2 Å². The Balaban J connectivity index is 1.60. The smallest absolute Gasteiger partial charge is 0.330 e. The summed E-state index contributed by atoms with van der Waals surface area (Å²) in [5.41, 5.74) is 0.00603. The zero-order valence-corrected chi connectivity index (χ0v) is 19.8. The number of carbonyl (C=O) groups excluding carboxylic acids is 1. The van der Waals surface area contributed by atoms with E-state index in [1.807, 2.05) is 37.3 Å². The van der Waals surface area contributed by atoms with Crippen LogP contribution in [0, 0.1) is 5.92 Å². The lowest BCUT2D eigenvalue weighted by Crippen LogP contribution is -2.34. The second-order valence-electron chi connectivity index (χ2n) is 7.79. The lowest BCUT2D eigenvalue weighted by molar-refractivity contribution is -0.144. The molecule has 180 valence electrons. The van der Waals surface area contributed by atoms with Crippen LogP contribution in [0.2, 0.25) is 0 Å². The van der Waals surface area contributed by atoms with Crippen LogP contribution in [-0.2, 0) is 29.9 Å². The molecule has 0 spiro atoms. The number of benzene rings is 1. The second kappa shape index (κ2) is 12.2. The van der Waals surface area contributed by atoms with Gasteiger partial charge >= 0.3 is 11.7 Å². The predicted octanol–water partition coefficient (Wildman–Crippen LogP) is 2.46. The number of carbonyl (C=O) groups is 1. The van der Waals surface area contributed by atoms with E-state index >= 15 is 0 Å². The van der Waals surface area contributed by atoms with Crippen LogP contribution in [0.5, 0.6) is 0 Å². The molecule has 33 heavy (non-hydrogen) atoms. The quantitative estimate of drug-likeness (QED) is 0.373. The van der Waals surface area contributed by atoms with Gasteiger partial charge in [0.25, 0.3) is 14.1 Å². The third kappa shape index (κ3) is 7.31. The molecule has 4 unspecified atom stereocenters. The highest BCUT2D eigenvalue weighted by atomic mass is 31.2. The number of aromatic nitrogens is 2. The number of nitrogens with zero attached hydrogens (tertiary/aromatic N) is 1. The summed E-state index contributed by atoms with van der Waals surface area (Å²) >= 11 is 0. The fourth-order valence-corrected chi connectivity index (χ4v) is 4.65. The van der Waals surface area contributed by atoms with E-state index in [0.717, 1.165) is 5.56 Å². The van der Waals surface area contributed by atoms with Gasteiger partial charge in [-0.15, -0.1) is 0 Å². The number of esters is 1. The summed E-state index contributed by atoms with van der Waals surface area (Å²) in [6, 6.07) is 10.3. The van der Waals surface area contributed by atoms with Gasteiger partial charge in [0.2, 0.25) is 0 Å². The van der Waals surface area contributed by atoms with Crippen LogP contribution in [0.15, 0.2) is 52.2 Å². The summed E-state index contributed by atoms with van der Waals surface area (Å²) in [7, 11) is -1.62. The van der Waals surface area contributed by atoms with Crippen molar-refractivity contribution in [3.8, 4) is 0 Å². The van der Waals surface area contributed by atoms with Gasteiger partial charge in [-0.3, -0.25) is 19.1 Å². The van der Waals surface area contributed by atoms with Crippen LogP contribution in [0.25, 0.3) is 0 Å². The van der Waals surface area contributed by atoms with Crippen LogP contribution < -0.4 is 16.3 Å². The van der Waals surface area contributed by atoms with Crippen molar-refractivity contribution < 1.29 is 23.3 Å². The molecular weight excluding hydrogens is 449 g/mol. The topological polar surface area (TPSA) is 121 Å². The van der Waals surface area contributed by atoms with E-state index in [2.05, 4.69) is 10.1 Å². The Bertz CT molecular complexity index is 1010. The van der Waals surface area contributed by atoms with Crippen molar-refractivity contribution in [2.75, 3.05) is 13.2 Å². The maximum absolute atomic E-state index is 12.1. The number of hydrogen-bond acceptors (Lipinski definition) is 8. The van der Waals surface area contributed by atoms with E-state index < -0.39 is 32.0 Å². The maximum atomic E-state index is 12.1. The molecule has 1 fully saturated rings. The molecule has 0 aliphatic carbocycles. The fraction of sp³-hybridized carbons (Fsp3) is 0.500. The molecule has 3 rings (SSSR count). The van der Waals surface area contributed by atoms with Crippen molar-refractivity contribution >= 4 is 14.5 Å². The van der Waals surface area contributed by atoms with Gasteiger partial charge < -0.3 is 18.5 Å². The summed E-state index contributed by atoms with van der Waals surface area (Å²) in [4.78, 5) is 37.8. The Labute approximate surface area is 193 Å². The van der Waals surface area contributed by atoms with Gasteiger partial charge in [0.1, 0.15) is 12.3 Å². The minimum absolute atomic E-state index is 0.0325. The summed E-state index contributed by atoms with van der Waals surface area (Å²) in [6.07, 6.45) is 1.30. The molecule has 2 heterocycles. The Hall–Kier alpha value is -2.36. The number of ether oxygens (including phenoxy) is 2. The van der Waals surface area contributed by atoms with Gasteiger partial charge in [0.05, 0.1) is 25.9 Å². The van der Waals surface area contributed by atoms with Gasteiger partial charge in [-0.05, 0) is 25.8 Å². The number of H-pyrrole nitrogens is 1. The van der Waals surface area contributed by atoms with Crippen LogP contribution in [0.1, 0.15) is 39.0 Å². The molecule has 11 heteroatoms. The zero-order valence-electron chi connectivity index (χ0n) is 18.9. The average Bonchev–Trinajstić information content (AvgIpc) is 3.16. The zero-order chi connectivity index (χ0) is 23.8. The first-order valence-corrected chi connectivity index (χ1v) is 12.0. The van der Waals surface area contributed by atoms with Crippen molar-refractivity contribution in [3.63, 3.8) is 0 Å². The number of nitrogens with one attached hydrogen (secondary N) is 2. The molecule has 10 nitrogen and oxygen atoms in total. The normalized spacial score (nSPS) is 22.1. The highest BCUT2D eigenvalue weighted by Gasteiger charge is 2.35. The van der Waals surface area contributed by atoms with Gasteiger partial charge in [-0.2, -0.15) is 0 Å². The molecule has 2 aromatic rings. The van der Waals surface area contributed by atoms with E-state index in [-0.39, 0.29) is 31.2 Å². The molecule has 0 amide bonds. The van der Waals surface area contributed by atoms with E-state index in [1.54, 1.807) is 13.8 Å². The van der Waals surface area contributed by atoms with Crippen LogP contribution in [0.4, 0.5) is 0 Å². The molecule has 0 radical (unpaired) electrons. The lowest BCUT2D eigenvalue weighted by atomic mass is 10.1. The van der Waals surface area contributed by atoms with Gasteiger partial charge in [-0.25, -0.2) is 9.88 Å². The number of aromatic amines is 1. The fourth-order valence-electron chi connectivity index (χ4n) is 3.44. The largest absolute Gasteiger partial charge is 0.465 e. The summed E-state index contributed by atoms with van der Waals surface area (Å²) in [6.45, 7) is 6.22. The third-order valence-electron chi connectivity index (χ3n) is 5.09. The predicted molar refractivity (Wildman–Crippen MR) is 122 cm³/mol. The first-order valence-electron chi connectivity index (χ1n) is 10.9. The lowest BCUT2D eigenvalue weighted by Gasteiger charge is -2.23. The van der Waals surface area contributed by atoms with Crippen molar-refractivity contribution in [2.24, 2.45) is 5.92 Å². The SMILES string of the molecule is CCOC(=O)[C@H](C)NP(OCc1ccccc1)OCC1CC(C)C(n2ccc(=O)[nH]c2=O)O1. The van der Waals surface area contributed by atoms with E-state index in [4.69, 9.17) is 18.5 Å². The number of rotatable bonds is 11. The van der Waals surface area contributed by atoms with Gasteiger partial charge in [-0.1, -0.05) is 37.3 Å². The molecule has 1 aromatic carbocycles. The Morgan fingerprint density at radius 1 is 1.27 bits per heavy atom. The van der Waals surface area contributed by atoms with Crippen LogP contribution >= 0.6 is 8.53 Å². The molecule has 1 aliphatic heterocycles. The standard InChI is InChI=1S/C22H30N3O7P/c1-4-29-21(27)16(3)24-33(30-13-17-8-6-5-7-9-17)31-14-18-12-15(2)20(32-18)25-11-10-19(26)23-22(25)28/h5-11,15-16,18,20,24H,4,12-14H2,1-3H3,(H,23,26,28)/t15?,16-,18?,20?,33?/m0/s1. The van der Waals surface area contributed by atoms with E-state index in [9.17, 15) is 14.4 Å². The van der Waals surface area contributed by atoms with Crippen LogP contribution in [0.3, 0.4) is 0 Å². The first-order chi connectivity index (χ1) is 15.9. The first kappa shape index (κ1) is 25.3. The molecule has 0 bridgehead atoms. The van der Waals surface area contributed by atoms with Crippen LogP contribution in [-0.4, -0.2) is 40.9 Å². The van der Waals surface area contributed by atoms with Crippen molar-refractivity contribution in [1.29, 1.82) is 0 Å². The monoisotopic (exact) mass is 479 g/mol. The van der Waals surface area contributed by atoms with Crippen molar-refractivity contribution in [1.82, 2.24) is 14.6 Å². The highest BCUT2D eigenvalue weighted by Crippen LogP contribution is 2.39. The molecule has 1 aliphatic rings. The second-order valence-corrected chi connectivity index (χ2v) is 9.08. The Morgan fingerprint density at radius 3 is 2.73 bits per heavy atom. The third-order valence-corrected chi connectivity index (χ3v) is 6.43. The molecule has 1 aromatic heterocycles. The molecular formula is C22H30N3O7P. The Kier molecular flexibility index (Phi) is 9.34. The average molecular weight is 479 g/mol.